The molecule has 0 bridgehead atoms. The molecule has 3 heteroatoms. The first-order chi connectivity index (χ1) is 8.12. The quantitative estimate of drug-likeness (QED) is 0.776. The second kappa shape index (κ2) is 0.524. The summed E-state index contributed by atoms with van der Waals surface area (Å²) in [6.07, 6.45) is 0. The summed E-state index contributed by atoms with van der Waals surface area (Å²) in [6.45, 7) is 2.80. The van der Waals surface area contributed by atoms with Gasteiger partial charge in [-0.15, -0.1) is 0 Å². The van der Waals surface area contributed by atoms with Crippen molar-refractivity contribution >= 4 is 0 Å². The molecule has 0 radical (unpaired) electrons. The third-order valence-corrected chi connectivity index (χ3v) is 59.3. The molecule has 11 aliphatic rings. The molecular formula is C14H18FeN2. The van der Waals surface area contributed by atoms with E-state index >= 15 is 0 Å². The molecule has 0 amide bonds. The van der Waals surface area contributed by atoms with E-state index in [0.29, 0.717) is 0 Å². The Morgan fingerprint density at radius 2 is 1.65 bits per heavy atom. The van der Waals surface area contributed by atoms with Gasteiger partial charge in [0.1, 0.15) is 0 Å². The van der Waals surface area contributed by atoms with Gasteiger partial charge < -0.3 is 0 Å². The molecule has 0 saturated carbocycles. The first-order valence-electron chi connectivity index (χ1n) is 7.77. The molecule has 1 spiro atoms. The van der Waals surface area contributed by atoms with E-state index in [0.717, 1.165) is 4.31 Å². The van der Waals surface area contributed by atoms with E-state index in [-0.39, 0.29) is 0 Å². The molecule has 11 fully saturated rings. The van der Waals surface area contributed by atoms with E-state index in [1.807, 2.05) is 0 Å². The number of nitrogens with zero attached hydrogens (tertiary/aromatic N) is 1. The summed E-state index contributed by atoms with van der Waals surface area (Å²) in [5, 5.41) is 3.57. The van der Waals surface area contributed by atoms with Gasteiger partial charge >= 0.3 is 90.7 Å². The van der Waals surface area contributed by atoms with E-state index in [4.69, 9.17) is 0 Å². The van der Waals surface area contributed by atoms with E-state index < -0.39 is 6.51 Å². The van der Waals surface area contributed by atoms with Crippen LogP contribution in [-0.2, 0) is 6.51 Å². The summed E-state index contributed by atoms with van der Waals surface area (Å²) in [5.74, 6) is 0. The van der Waals surface area contributed by atoms with Crippen molar-refractivity contribution in [2.24, 2.45) is 0 Å². The van der Waals surface area contributed by atoms with Crippen molar-refractivity contribution < 1.29 is 6.51 Å². The van der Waals surface area contributed by atoms with Gasteiger partial charge in [-0.25, -0.2) is 0 Å². The summed E-state index contributed by atoms with van der Waals surface area (Å²) in [6, 6.07) is 0. The normalized spacial score (nSPS) is 125. The molecule has 11 aliphatic heterocycles. The maximum atomic E-state index is 3.57. The Balaban J connectivity index is 1.42. The topological polar surface area (TPSA) is 15.3 Å². The zero-order valence-corrected chi connectivity index (χ0v) is 10.9. The van der Waals surface area contributed by atoms with E-state index in [9.17, 15) is 0 Å². The standard InChI is InChI=1S/C9H13N2.C5H5.Fe/c1-2-4-9(3-1)7-11-6-5-10-8-11;1-2-4-5-3-1;/h1-4,10H,5-8H2;1-5H;. The second-order valence-corrected chi connectivity index (χ2v) is 35.2. The number of hydrogen-bond acceptors (Lipinski definition) is 2. The monoisotopic (exact) mass is 270 g/mol. The molecule has 4 unspecified atom stereocenters. The van der Waals surface area contributed by atoms with Gasteiger partial charge in [0.05, 0.1) is 0 Å². The minimum atomic E-state index is -2.69. The molecule has 2 nitrogen and oxygen atoms in total. The van der Waals surface area contributed by atoms with E-state index in [1.165, 1.54) is 63.1 Å². The fourth-order valence-electron chi connectivity index (χ4n) is 18.1. The first kappa shape index (κ1) is 6.26. The number of nitrogens with one attached hydrogen (secondary N) is 1. The molecular weight excluding hydrogens is 252 g/mol. The summed E-state index contributed by atoms with van der Waals surface area (Å²) >= 11 is 0. The van der Waals surface area contributed by atoms with Gasteiger partial charge in [0.2, 0.25) is 0 Å². The van der Waals surface area contributed by atoms with Crippen molar-refractivity contribution in [1.82, 2.24) is 10.2 Å². The molecule has 11 saturated heterocycles. The molecule has 1 N–H and O–H groups in total. The van der Waals surface area contributed by atoms with Crippen LogP contribution in [0.25, 0.3) is 0 Å². The number of fused-ring (bicyclic) bond motifs is 10. The van der Waals surface area contributed by atoms with Gasteiger partial charge in [-0.05, 0) is 0 Å². The zero-order valence-electron chi connectivity index (χ0n) is 9.83. The molecule has 0 aliphatic carbocycles. The zero-order chi connectivity index (χ0) is 10.1. The molecule has 4 atom stereocenters. The van der Waals surface area contributed by atoms with Gasteiger partial charge in [-0.1, -0.05) is 0 Å². The van der Waals surface area contributed by atoms with E-state index in [2.05, 4.69) is 10.2 Å². The fraction of sp³-hybridized carbons (Fsp3) is 1.00. The van der Waals surface area contributed by atoms with Crippen LogP contribution in [0.5, 0.6) is 0 Å². The molecule has 11 rings (SSSR count). The van der Waals surface area contributed by atoms with E-state index in [1.54, 1.807) is 6.54 Å². The SMILES string of the molecule is C1CN(C[C]23[CH]4[CH]5[CH]6[CH]2[Fe]56432789[CH]3[CH]2[CH]7[CH]8[CH]39)CN1. The Hall–Kier alpha value is 0.439. The van der Waals surface area contributed by atoms with Crippen LogP contribution < -0.4 is 5.32 Å². The predicted molar refractivity (Wildman–Crippen MR) is 60.9 cm³/mol. The van der Waals surface area contributed by atoms with Gasteiger partial charge in [0.15, 0.2) is 0 Å². The van der Waals surface area contributed by atoms with Crippen molar-refractivity contribution in [2.75, 3.05) is 26.3 Å². The Labute approximate surface area is 90.8 Å². The Kier molecular flexibility index (Phi) is 0.193. The van der Waals surface area contributed by atoms with Crippen LogP contribution in [0.15, 0.2) is 0 Å². The van der Waals surface area contributed by atoms with Crippen LogP contribution in [-0.4, -0.2) is 31.2 Å². The van der Waals surface area contributed by atoms with Gasteiger partial charge in [-0.3, -0.25) is 0 Å². The van der Waals surface area contributed by atoms with Crippen LogP contribution in [0.1, 0.15) is 0 Å². The summed E-state index contributed by atoms with van der Waals surface area (Å²) in [7, 11) is 0. The maximum absolute atomic E-state index is 3.57. The van der Waals surface area contributed by atoms with Gasteiger partial charge in [-0.2, -0.15) is 0 Å². The van der Waals surface area contributed by atoms with Crippen LogP contribution in [0, 0.1) is 0 Å². The van der Waals surface area contributed by atoms with Crippen LogP contribution in [0.2, 0.25) is 47.7 Å². The minimum absolute atomic E-state index is 1.14. The van der Waals surface area contributed by atoms with Crippen molar-refractivity contribution in [3.63, 3.8) is 0 Å². The van der Waals surface area contributed by atoms with Crippen molar-refractivity contribution in [3.05, 3.63) is 0 Å². The molecule has 92 valence electrons. The fourth-order valence-corrected chi connectivity index (χ4v) is 92.9. The number of hydrogen-bond donors (Lipinski definition) is 1. The summed E-state index contributed by atoms with van der Waals surface area (Å²) in [4.78, 5) is 16.5. The third-order valence-electron chi connectivity index (χ3n) is 16.4. The number of rotatable bonds is 2. The van der Waals surface area contributed by atoms with Crippen LogP contribution in [0.3, 0.4) is 0 Å². The Bertz CT molecular complexity index is 878. The molecule has 11 heterocycles. The first-order valence-corrected chi connectivity index (χ1v) is 14.1. The molecule has 0 aromatic heterocycles. The summed E-state index contributed by atoms with van der Waals surface area (Å²) in [5.41, 5.74) is 0. The Morgan fingerprint density at radius 3 is 2.00 bits per heavy atom. The van der Waals surface area contributed by atoms with Gasteiger partial charge in [0, 0.05) is 0 Å². The van der Waals surface area contributed by atoms with Crippen LogP contribution >= 0.6 is 0 Å². The van der Waals surface area contributed by atoms with Gasteiger partial charge in [0.25, 0.3) is 0 Å². The second-order valence-electron chi connectivity index (χ2n) is 11.5. The molecule has 17 heavy (non-hydrogen) atoms. The molecule has 0 aromatic carbocycles. The third kappa shape index (κ3) is 0.0674. The van der Waals surface area contributed by atoms with Crippen molar-refractivity contribution in [3.8, 4) is 0 Å². The Morgan fingerprint density at radius 1 is 1.00 bits per heavy atom. The van der Waals surface area contributed by atoms with Crippen molar-refractivity contribution in [1.29, 1.82) is 0 Å². The summed E-state index contributed by atoms with van der Waals surface area (Å²) < 4.78 is 1.14. The average Bonchev–Trinajstić information content (AvgIpc) is 3.25. The van der Waals surface area contributed by atoms with Crippen molar-refractivity contribution in [2.45, 2.75) is 47.7 Å². The average molecular weight is 270 g/mol. The predicted octanol–water partition coefficient (Wildman–Crippen LogP) is 2.61. The molecule has 0 aromatic rings. The van der Waals surface area contributed by atoms with Crippen LogP contribution in [0.4, 0.5) is 0 Å².